The first-order chi connectivity index (χ1) is 9.16. The maximum absolute atomic E-state index is 12.4. The van der Waals surface area contributed by atoms with E-state index in [2.05, 4.69) is 31.2 Å². The predicted molar refractivity (Wildman–Crippen MR) is 77.5 cm³/mol. The molecular formula is C18H18O. The molecular weight excluding hydrogens is 232 g/mol. The van der Waals surface area contributed by atoms with E-state index in [1.807, 2.05) is 31.2 Å². The van der Waals surface area contributed by atoms with Crippen LogP contribution in [0.5, 0.6) is 0 Å². The van der Waals surface area contributed by atoms with Crippen LogP contribution in [-0.4, -0.2) is 5.78 Å². The van der Waals surface area contributed by atoms with Crippen LogP contribution in [0.3, 0.4) is 0 Å². The second-order valence-electron chi connectivity index (χ2n) is 5.54. The first-order valence-electron chi connectivity index (χ1n) is 6.83. The van der Waals surface area contributed by atoms with E-state index in [1.165, 1.54) is 16.7 Å². The quantitative estimate of drug-likeness (QED) is 0.743. The third kappa shape index (κ3) is 2.33. The topological polar surface area (TPSA) is 17.1 Å². The van der Waals surface area contributed by atoms with Gasteiger partial charge < -0.3 is 0 Å². The van der Waals surface area contributed by atoms with Crippen molar-refractivity contribution in [2.45, 2.75) is 26.2 Å². The van der Waals surface area contributed by atoms with Gasteiger partial charge >= 0.3 is 0 Å². The summed E-state index contributed by atoms with van der Waals surface area (Å²) in [4.78, 5) is 12.4. The maximum Gasteiger partial charge on any atom is 0.166 e. The normalized spacial score (nSPS) is 21.2. The molecule has 0 aliphatic heterocycles. The highest BCUT2D eigenvalue weighted by atomic mass is 16.1. The summed E-state index contributed by atoms with van der Waals surface area (Å²) in [5.74, 6) is 0.909. The number of aryl methyl sites for hydroxylation is 2. The summed E-state index contributed by atoms with van der Waals surface area (Å²) in [7, 11) is 0. The van der Waals surface area contributed by atoms with Gasteiger partial charge in [-0.05, 0) is 37.3 Å². The molecule has 0 spiro atoms. The van der Waals surface area contributed by atoms with Crippen LogP contribution in [-0.2, 0) is 0 Å². The minimum Gasteiger partial charge on any atom is -0.294 e. The zero-order valence-electron chi connectivity index (χ0n) is 11.4. The lowest BCUT2D eigenvalue weighted by molar-refractivity contribution is 0.0965. The number of benzene rings is 2. The first kappa shape index (κ1) is 12.2. The molecule has 1 heteroatoms. The number of rotatable bonds is 3. The van der Waals surface area contributed by atoms with Crippen molar-refractivity contribution in [2.24, 2.45) is 5.92 Å². The average molecular weight is 250 g/mol. The number of hydrogen-bond donors (Lipinski definition) is 0. The molecule has 2 aromatic carbocycles. The Morgan fingerprint density at radius 3 is 2.37 bits per heavy atom. The summed E-state index contributed by atoms with van der Waals surface area (Å²) in [6.07, 6.45) is 0.998. The lowest BCUT2D eigenvalue weighted by Crippen LogP contribution is -2.03. The third-order valence-corrected chi connectivity index (χ3v) is 4.05. The third-order valence-electron chi connectivity index (χ3n) is 4.05. The van der Waals surface area contributed by atoms with E-state index >= 15 is 0 Å². The van der Waals surface area contributed by atoms with Crippen molar-refractivity contribution in [2.75, 3.05) is 0 Å². The molecule has 3 rings (SSSR count). The molecule has 1 nitrogen and oxygen atoms in total. The Labute approximate surface area is 114 Å². The molecule has 1 saturated carbocycles. The van der Waals surface area contributed by atoms with Crippen LogP contribution in [0.1, 0.15) is 39.4 Å². The molecule has 1 fully saturated rings. The van der Waals surface area contributed by atoms with Crippen LogP contribution in [0.25, 0.3) is 0 Å². The molecule has 2 atom stereocenters. The van der Waals surface area contributed by atoms with E-state index in [-0.39, 0.29) is 5.92 Å². The maximum atomic E-state index is 12.4. The molecule has 0 saturated heterocycles. The number of hydrogen-bond acceptors (Lipinski definition) is 1. The van der Waals surface area contributed by atoms with Crippen molar-refractivity contribution in [3.05, 3.63) is 70.8 Å². The van der Waals surface area contributed by atoms with Crippen molar-refractivity contribution in [3.63, 3.8) is 0 Å². The number of carbonyl (C=O) groups is 1. The Morgan fingerprint density at radius 2 is 1.68 bits per heavy atom. The van der Waals surface area contributed by atoms with Crippen LogP contribution in [0.15, 0.2) is 48.5 Å². The minimum atomic E-state index is 0.184. The Morgan fingerprint density at radius 1 is 1.00 bits per heavy atom. The monoisotopic (exact) mass is 250 g/mol. The zero-order chi connectivity index (χ0) is 13.4. The van der Waals surface area contributed by atoms with Gasteiger partial charge in [-0.2, -0.15) is 0 Å². The lowest BCUT2D eigenvalue weighted by Gasteiger charge is -2.05. The Bertz CT molecular complexity index is 610. The predicted octanol–water partition coefficient (Wildman–Crippen LogP) is 4.29. The molecule has 0 N–H and O–H groups in total. The fraction of sp³-hybridized carbons (Fsp3) is 0.278. The zero-order valence-corrected chi connectivity index (χ0v) is 11.4. The van der Waals surface area contributed by atoms with Crippen LogP contribution >= 0.6 is 0 Å². The first-order valence-corrected chi connectivity index (χ1v) is 6.83. The Balaban J connectivity index is 1.78. The minimum absolute atomic E-state index is 0.184. The van der Waals surface area contributed by atoms with E-state index in [9.17, 15) is 4.79 Å². The van der Waals surface area contributed by atoms with E-state index < -0.39 is 0 Å². The standard InChI is InChI=1S/C18H18O/c1-12-7-9-14(10-8-12)18(19)17-11-16(17)15-6-4-3-5-13(15)2/h3-10,16-17H,11H2,1-2H3. The molecule has 0 bridgehead atoms. The molecule has 1 aliphatic carbocycles. The van der Waals surface area contributed by atoms with Gasteiger partial charge in [-0.1, -0.05) is 54.1 Å². The van der Waals surface area contributed by atoms with Crippen LogP contribution < -0.4 is 0 Å². The smallest absolute Gasteiger partial charge is 0.166 e. The second kappa shape index (κ2) is 4.65. The summed E-state index contributed by atoms with van der Waals surface area (Å²) in [5.41, 5.74) is 4.69. The Kier molecular flexibility index (Phi) is 2.98. The fourth-order valence-corrected chi connectivity index (χ4v) is 2.76. The average Bonchev–Trinajstić information content (AvgIpc) is 3.19. The highest BCUT2D eigenvalue weighted by Crippen LogP contribution is 2.50. The fourth-order valence-electron chi connectivity index (χ4n) is 2.76. The highest BCUT2D eigenvalue weighted by Gasteiger charge is 2.44. The summed E-state index contributed by atoms with van der Waals surface area (Å²) in [6, 6.07) is 16.3. The number of Topliss-reactive ketones (excluding diaryl/α,β-unsaturated/α-hetero) is 1. The highest BCUT2D eigenvalue weighted by molar-refractivity contribution is 6.00. The van der Waals surface area contributed by atoms with E-state index in [1.54, 1.807) is 0 Å². The summed E-state index contributed by atoms with van der Waals surface area (Å²) in [6.45, 7) is 4.17. The molecule has 0 heterocycles. The number of ketones is 1. The molecule has 0 radical (unpaired) electrons. The van der Waals surface area contributed by atoms with Crippen molar-refractivity contribution in [1.82, 2.24) is 0 Å². The van der Waals surface area contributed by atoms with Gasteiger partial charge in [0, 0.05) is 11.5 Å². The van der Waals surface area contributed by atoms with E-state index in [0.29, 0.717) is 11.7 Å². The molecule has 0 amide bonds. The lowest BCUT2D eigenvalue weighted by atomic mass is 9.99. The van der Waals surface area contributed by atoms with E-state index in [0.717, 1.165) is 12.0 Å². The van der Waals surface area contributed by atoms with E-state index in [4.69, 9.17) is 0 Å². The van der Waals surface area contributed by atoms with Gasteiger partial charge in [-0.15, -0.1) is 0 Å². The van der Waals surface area contributed by atoms with Gasteiger partial charge in [-0.3, -0.25) is 4.79 Å². The van der Waals surface area contributed by atoms with Crippen LogP contribution in [0.4, 0.5) is 0 Å². The molecule has 96 valence electrons. The van der Waals surface area contributed by atoms with Crippen molar-refractivity contribution < 1.29 is 4.79 Å². The largest absolute Gasteiger partial charge is 0.294 e. The Hall–Kier alpha value is -1.89. The van der Waals surface area contributed by atoms with Gasteiger partial charge in [0.15, 0.2) is 5.78 Å². The van der Waals surface area contributed by atoms with Gasteiger partial charge in [-0.25, -0.2) is 0 Å². The van der Waals surface area contributed by atoms with Gasteiger partial charge in [0.25, 0.3) is 0 Å². The van der Waals surface area contributed by atoms with Gasteiger partial charge in [0.05, 0.1) is 0 Å². The second-order valence-corrected chi connectivity index (χ2v) is 5.54. The summed E-state index contributed by atoms with van der Waals surface area (Å²) in [5, 5.41) is 0. The molecule has 1 aliphatic rings. The van der Waals surface area contributed by atoms with Crippen molar-refractivity contribution in [3.8, 4) is 0 Å². The summed E-state index contributed by atoms with van der Waals surface area (Å²) < 4.78 is 0. The van der Waals surface area contributed by atoms with Gasteiger partial charge in [0.1, 0.15) is 0 Å². The molecule has 0 aromatic heterocycles. The van der Waals surface area contributed by atoms with Gasteiger partial charge in [0.2, 0.25) is 0 Å². The van der Waals surface area contributed by atoms with Crippen molar-refractivity contribution in [1.29, 1.82) is 0 Å². The SMILES string of the molecule is Cc1ccc(C(=O)C2CC2c2ccccc2C)cc1. The molecule has 2 aromatic rings. The molecule has 2 unspecified atom stereocenters. The van der Waals surface area contributed by atoms with Crippen LogP contribution in [0, 0.1) is 19.8 Å². The molecule has 19 heavy (non-hydrogen) atoms. The van der Waals surface area contributed by atoms with Crippen LogP contribution in [0.2, 0.25) is 0 Å². The van der Waals surface area contributed by atoms with Crippen molar-refractivity contribution >= 4 is 5.78 Å². The summed E-state index contributed by atoms with van der Waals surface area (Å²) >= 11 is 0. The number of carbonyl (C=O) groups excluding carboxylic acids is 1.